The molecule has 1 amide bonds. The highest BCUT2D eigenvalue weighted by molar-refractivity contribution is 6.01. The Balaban J connectivity index is 3.13. The standard InChI is InChI=1S/C8H8N2O/c1-10-8(11)6-4-2-3-5-7(6)9/h2-5H,1,9H2. The summed E-state index contributed by atoms with van der Waals surface area (Å²) in [6.07, 6.45) is 0. The van der Waals surface area contributed by atoms with Crippen LogP contribution < -0.4 is 5.73 Å². The summed E-state index contributed by atoms with van der Waals surface area (Å²) in [7, 11) is 0. The molecule has 0 aromatic heterocycles. The van der Waals surface area contributed by atoms with Gasteiger partial charge in [-0.1, -0.05) is 12.1 Å². The van der Waals surface area contributed by atoms with E-state index in [4.69, 9.17) is 5.73 Å². The molecule has 1 rings (SSSR count). The minimum absolute atomic E-state index is 0.386. The van der Waals surface area contributed by atoms with Crippen LogP contribution in [0.25, 0.3) is 0 Å². The average molecular weight is 148 g/mol. The summed E-state index contributed by atoms with van der Waals surface area (Å²) in [5.74, 6) is -0.386. The van der Waals surface area contributed by atoms with Gasteiger partial charge in [0.05, 0.1) is 5.56 Å². The van der Waals surface area contributed by atoms with Gasteiger partial charge in [0, 0.05) is 5.69 Å². The maximum atomic E-state index is 10.9. The molecule has 0 bridgehead atoms. The number of aliphatic imine (C=N–C) groups is 1. The highest BCUT2D eigenvalue weighted by Crippen LogP contribution is 2.10. The first-order valence-corrected chi connectivity index (χ1v) is 3.11. The van der Waals surface area contributed by atoms with Crippen LogP contribution in [-0.2, 0) is 0 Å². The summed E-state index contributed by atoms with van der Waals surface area (Å²) in [6, 6.07) is 6.76. The number of para-hydroxylation sites is 1. The molecule has 0 spiro atoms. The van der Waals surface area contributed by atoms with Gasteiger partial charge in [-0.15, -0.1) is 0 Å². The third-order valence-electron chi connectivity index (χ3n) is 1.33. The van der Waals surface area contributed by atoms with Crippen molar-refractivity contribution in [1.29, 1.82) is 0 Å². The summed E-state index contributed by atoms with van der Waals surface area (Å²) in [5.41, 5.74) is 6.33. The molecule has 2 N–H and O–H groups in total. The van der Waals surface area contributed by atoms with Crippen LogP contribution in [0.2, 0.25) is 0 Å². The topological polar surface area (TPSA) is 55.5 Å². The average Bonchev–Trinajstić information content (AvgIpc) is 2.04. The zero-order valence-electron chi connectivity index (χ0n) is 5.95. The van der Waals surface area contributed by atoms with Crippen LogP contribution in [-0.4, -0.2) is 12.6 Å². The molecule has 0 aliphatic carbocycles. The Bertz CT molecular complexity index is 294. The second-order valence-corrected chi connectivity index (χ2v) is 2.05. The summed E-state index contributed by atoms with van der Waals surface area (Å²) in [4.78, 5) is 14.2. The Morgan fingerprint density at radius 3 is 2.64 bits per heavy atom. The van der Waals surface area contributed by atoms with E-state index < -0.39 is 0 Å². The van der Waals surface area contributed by atoms with Gasteiger partial charge in [0.25, 0.3) is 5.91 Å². The second kappa shape index (κ2) is 2.96. The van der Waals surface area contributed by atoms with Gasteiger partial charge in [-0.05, 0) is 18.9 Å². The Morgan fingerprint density at radius 2 is 2.09 bits per heavy atom. The molecule has 0 aliphatic rings. The number of nitrogens with two attached hydrogens (primary N) is 1. The van der Waals surface area contributed by atoms with Crippen LogP contribution in [0.1, 0.15) is 10.4 Å². The van der Waals surface area contributed by atoms with Gasteiger partial charge in [0.1, 0.15) is 0 Å². The largest absolute Gasteiger partial charge is 0.398 e. The van der Waals surface area contributed by atoms with E-state index in [-0.39, 0.29) is 5.91 Å². The van der Waals surface area contributed by atoms with Crippen LogP contribution >= 0.6 is 0 Å². The van der Waals surface area contributed by atoms with Crippen LogP contribution in [0.5, 0.6) is 0 Å². The number of carbonyl (C=O) groups excluding carboxylic acids is 1. The number of hydrogen-bond acceptors (Lipinski definition) is 2. The van der Waals surface area contributed by atoms with E-state index in [0.717, 1.165) is 0 Å². The molecule has 0 atom stereocenters. The molecule has 0 saturated carbocycles. The molecular weight excluding hydrogens is 140 g/mol. The monoisotopic (exact) mass is 148 g/mol. The van der Waals surface area contributed by atoms with E-state index in [1.807, 2.05) is 0 Å². The summed E-state index contributed by atoms with van der Waals surface area (Å²) in [6.45, 7) is 3.12. The first kappa shape index (κ1) is 7.47. The summed E-state index contributed by atoms with van der Waals surface area (Å²) in [5, 5.41) is 0. The number of anilines is 1. The van der Waals surface area contributed by atoms with Gasteiger partial charge < -0.3 is 5.73 Å². The van der Waals surface area contributed by atoms with Crippen LogP contribution in [0, 0.1) is 0 Å². The third kappa shape index (κ3) is 1.43. The molecule has 1 aromatic rings. The van der Waals surface area contributed by atoms with E-state index in [0.29, 0.717) is 11.3 Å². The van der Waals surface area contributed by atoms with E-state index in [2.05, 4.69) is 11.7 Å². The number of carbonyl (C=O) groups is 1. The molecule has 0 aliphatic heterocycles. The molecular formula is C8H8N2O. The van der Waals surface area contributed by atoms with Crippen molar-refractivity contribution in [3.63, 3.8) is 0 Å². The number of nitrogen functional groups attached to an aromatic ring is 1. The number of benzene rings is 1. The Kier molecular flexibility index (Phi) is 2.01. The van der Waals surface area contributed by atoms with E-state index in [1.54, 1.807) is 24.3 Å². The molecule has 0 radical (unpaired) electrons. The van der Waals surface area contributed by atoms with Gasteiger partial charge in [-0.3, -0.25) is 4.79 Å². The predicted molar refractivity (Wildman–Crippen MR) is 44.7 cm³/mol. The molecule has 0 saturated heterocycles. The number of nitrogens with zero attached hydrogens (tertiary/aromatic N) is 1. The SMILES string of the molecule is C=NC(=O)c1ccccc1N. The van der Waals surface area contributed by atoms with Crippen molar-refractivity contribution >= 4 is 18.3 Å². The number of rotatable bonds is 1. The van der Waals surface area contributed by atoms with Gasteiger partial charge in [0.15, 0.2) is 0 Å². The van der Waals surface area contributed by atoms with Crippen molar-refractivity contribution in [2.24, 2.45) is 4.99 Å². The van der Waals surface area contributed by atoms with Crippen LogP contribution in [0.3, 0.4) is 0 Å². The van der Waals surface area contributed by atoms with Crippen molar-refractivity contribution < 1.29 is 4.79 Å². The first-order chi connectivity index (χ1) is 5.25. The first-order valence-electron chi connectivity index (χ1n) is 3.11. The molecule has 1 aromatic carbocycles. The van der Waals surface area contributed by atoms with E-state index in [9.17, 15) is 4.79 Å². The van der Waals surface area contributed by atoms with Gasteiger partial charge in [-0.25, -0.2) is 4.99 Å². The van der Waals surface area contributed by atoms with Crippen LogP contribution in [0.4, 0.5) is 5.69 Å². The third-order valence-corrected chi connectivity index (χ3v) is 1.33. The lowest BCUT2D eigenvalue weighted by atomic mass is 10.2. The Hall–Kier alpha value is -1.64. The van der Waals surface area contributed by atoms with Crippen molar-refractivity contribution in [3.8, 4) is 0 Å². The Morgan fingerprint density at radius 1 is 1.45 bits per heavy atom. The molecule has 11 heavy (non-hydrogen) atoms. The second-order valence-electron chi connectivity index (χ2n) is 2.05. The minimum atomic E-state index is -0.386. The minimum Gasteiger partial charge on any atom is -0.398 e. The molecule has 0 fully saturated rings. The lowest BCUT2D eigenvalue weighted by Gasteiger charge is -1.97. The van der Waals surface area contributed by atoms with Gasteiger partial charge in [0.2, 0.25) is 0 Å². The fourth-order valence-corrected chi connectivity index (χ4v) is 0.777. The van der Waals surface area contributed by atoms with Crippen molar-refractivity contribution in [2.45, 2.75) is 0 Å². The molecule has 0 heterocycles. The van der Waals surface area contributed by atoms with Gasteiger partial charge >= 0.3 is 0 Å². The van der Waals surface area contributed by atoms with E-state index in [1.165, 1.54) is 0 Å². The van der Waals surface area contributed by atoms with E-state index >= 15 is 0 Å². The zero-order valence-corrected chi connectivity index (χ0v) is 5.95. The smallest absolute Gasteiger partial charge is 0.278 e. The summed E-state index contributed by atoms with van der Waals surface area (Å²) >= 11 is 0. The zero-order chi connectivity index (χ0) is 8.27. The fourth-order valence-electron chi connectivity index (χ4n) is 0.777. The molecule has 0 unspecified atom stereocenters. The van der Waals surface area contributed by atoms with Crippen LogP contribution in [0.15, 0.2) is 29.3 Å². The molecule has 56 valence electrons. The van der Waals surface area contributed by atoms with Crippen molar-refractivity contribution in [2.75, 3.05) is 5.73 Å². The van der Waals surface area contributed by atoms with Gasteiger partial charge in [-0.2, -0.15) is 0 Å². The van der Waals surface area contributed by atoms with Crippen molar-refractivity contribution in [3.05, 3.63) is 29.8 Å². The predicted octanol–water partition coefficient (Wildman–Crippen LogP) is 1.11. The van der Waals surface area contributed by atoms with Crippen molar-refractivity contribution in [1.82, 2.24) is 0 Å². The highest BCUT2D eigenvalue weighted by atomic mass is 16.1. The lowest BCUT2D eigenvalue weighted by Crippen LogP contribution is -1.99. The summed E-state index contributed by atoms with van der Waals surface area (Å²) < 4.78 is 0. The quantitative estimate of drug-likeness (QED) is 0.479. The highest BCUT2D eigenvalue weighted by Gasteiger charge is 2.04. The maximum Gasteiger partial charge on any atom is 0.278 e. The molecule has 3 nitrogen and oxygen atoms in total. The number of amides is 1. The number of hydrogen-bond donors (Lipinski definition) is 1. The fraction of sp³-hybridized carbons (Fsp3) is 0. The molecule has 3 heteroatoms. The normalized spacial score (nSPS) is 9.09. The lowest BCUT2D eigenvalue weighted by molar-refractivity contribution is 0.100. The Labute approximate surface area is 64.6 Å². The maximum absolute atomic E-state index is 10.9.